The molecule has 0 bridgehead atoms. The summed E-state index contributed by atoms with van der Waals surface area (Å²) in [5.41, 5.74) is 0.709. The average molecular weight is 263 g/mol. The highest BCUT2D eigenvalue weighted by atomic mass is 16.5. The van der Waals surface area contributed by atoms with Gasteiger partial charge in [0.25, 0.3) is 11.8 Å². The fourth-order valence-corrected chi connectivity index (χ4v) is 1.78. The van der Waals surface area contributed by atoms with E-state index in [4.69, 9.17) is 9.26 Å². The van der Waals surface area contributed by atoms with Gasteiger partial charge in [0.1, 0.15) is 0 Å². The van der Waals surface area contributed by atoms with Gasteiger partial charge in [-0.3, -0.25) is 0 Å². The van der Waals surface area contributed by atoms with Gasteiger partial charge in [-0.05, 0) is 37.2 Å². The summed E-state index contributed by atoms with van der Waals surface area (Å²) in [4.78, 5) is 6.33. The SMILES string of the molecule is CCN(CC)c1noc(-c2ccc(O)c(OC)c2)n1. The molecule has 19 heavy (non-hydrogen) atoms. The van der Waals surface area contributed by atoms with Crippen LogP contribution in [0, 0.1) is 0 Å². The molecule has 0 saturated heterocycles. The number of nitrogens with zero attached hydrogens (tertiary/aromatic N) is 3. The highest BCUT2D eigenvalue weighted by molar-refractivity contribution is 5.60. The summed E-state index contributed by atoms with van der Waals surface area (Å²) in [5, 5.41) is 13.5. The molecule has 0 fully saturated rings. The second kappa shape index (κ2) is 5.60. The molecule has 6 nitrogen and oxygen atoms in total. The van der Waals surface area contributed by atoms with E-state index in [2.05, 4.69) is 10.1 Å². The Bertz CT molecular complexity index is 550. The maximum absolute atomic E-state index is 9.55. The number of aromatic nitrogens is 2. The number of phenolic OH excluding ortho intramolecular Hbond substituents is 1. The topological polar surface area (TPSA) is 71.6 Å². The molecule has 1 heterocycles. The van der Waals surface area contributed by atoms with E-state index in [1.54, 1.807) is 12.1 Å². The van der Waals surface area contributed by atoms with Gasteiger partial charge in [0.15, 0.2) is 11.5 Å². The van der Waals surface area contributed by atoms with Crippen LogP contribution in [0.1, 0.15) is 13.8 Å². The Morgan fingerprint density at radius 2 is 2.05 bits per heavy atom. The van der Waals surface area contributed by atoms with Crippen molar-refractivity contribution in [1.29, 1.82) is 0 Å². The summed E-state index contributed by atoms with van der Waals surface area (Å²) in [7, 11) is 1.49. The first-order chi connectivity index (χ1) is 9.19. The number of methoxy groups -OCH3 is 1. The molecule has 0 spiro atoms. The second-order valence-corrected chi connectivity index (χ2v) is 3.96. The van der Waals surface area contributed by atoms with Crippen LogP contribution < -0.4 is 9.64 Å². The normalized spacial score (nSPS) is 10.5. The molecular weight excluding hydrogens is 246 g/mol. The van der Waals surface area contributed by atoms with Crippen LogP contribution in [-0.2, 0) is 0 Å². The third kappa shape index (κ3) is 2.62. The Balaban J connectivity index is 2.32. The quantitative estimate of drug-likeness (QED) is 0.892. The number of benzene rings is 1. The molecule has 0 atom stereocenters. The van der Waals surface area contributed by atoms with E-state index in [1.165, 1.54) is 13.2 Å². The summed E-state index contributed by atoms with van der Waals surface area (Å²) in [6.45, 7) is 5.69. The number of rotatable bonds is 5. The van der Waals surface area contributed by atoms with Crippen LogP contribution in [0.15, 0.2) is 22.7 Å². The smallest absolute Gasteiger partial charge is 0.266 e. The monoisotopic (exact) mass is 263 g/mol. The largest absolute Gasteiger partial charge is 0.504 e. The Labute approximate surface area is 111 Å². The predicted molar refractivity (Wildman–Crippen MR) is 71.5 cm³/mol. The highest BCUT2D eigenvalue weighted by Crippen LogP contribution is 2.31. The van der Waals surface area contributed by atoms with Gasteiger partial charge in [-0.25, -0.2) is 0 Å². The molecule has 6 heteroatoms. The van der Waals surface area contributed by atoms with Crippen molar-refractivity contribution in [1.82, 2.24) is 10.1 Å². The van der Waals surface area contributed by atoms with Gasteiger partial charge in [-0.2, -0.15) is 4.98 Å². The number of phenols is 1. The highest BCUT2D eigenvalue weighted by Gasteiger charge is 2.14. The van der Waals surface area contributed by atoms with Gasteiger partial charge in [0, 0.05) is 18.7 Å². The van der Waals surface area contributed by atoms with E-state index in [0.29, 0.717) is 23.2 Å². The number of hydrogen-bond acceptors (Lipinski definition) is 6. The summed E-state index contributed by atoms with van der Waals surface area (Å²) in [5.74, 6) is 1.42. The molecule has 2 aromatic rings. The number of aromatic hydroxyl groups is 1. The van der Waals surface area contributed by atoms with Crippen LogP contribution in [0.2, 0.25) is 0 Å². The number of anilines is 1. The van der Waals surface area contributed by atoms with Crippen molar-refractivity contribution < 1.29 is 14.4 Å². The van der Waals surface area contributed by atoms with Gasteiger partial charge >= 0.3 is 0 Å². The first kappa shape index (κ1) is 13.2. The molecule has 102 valence electrons. The Morgan fingerprint density at radius 1 is 1.32 bits per heavy atom. The molecule has 1 aromatic heterocycles. The summed E-state index contributed by atoms with van der Waals surface area (Å²) < 4.78 is 10.3. The van der Waals surface area contributed by atoms with Crippen LogP contribution in [0.3, 0.4) is 0 Å². The molecule has 2 rings (SSSR count). The molecule has 0 unspecified atom stereocenters. The molecular formula is C13H17N3O3. The van der Waals surface area contributed by atoms with Gasteiger partial charge in [0.05, 0.1) is 7.11 Å². The maximum atomic E-state index is 9.55. The van der Waals surface area contributed by atoms with Crippen molar-refractivity contribution in [2.45, 2.75) is 13.8 Å². The van der Waals surface area contributed by atoms with Crippen LogP contribution in [0.25, 0.3) is 11.5 Å². The van der Waals surface area contributed by atoms with Crippen molar-refractivity contribution in [3.63, 3.8) is 0 Å². The molecule has 0 radical (unpaired) electrons. The zero-order valence-corrected chi connectivity index (χ0v) is 11.3. The van der Waals surface area contributed by atoms with Gasteiger partial charge in [0.2, 0.25) is 0 Å². The average Bonchev–Trinajstić information content (AvgIpc) is 2.90. The number of ether oxygens (including phenoxy) is 1. The zero-order chi connectivity index (χ0) is 13.8. The Kier molecular flexibility index (Phi) is 3.89. The molecule has 0 saturated carbocycles. The Morgan fingerprint density at radius 3 is 2.68 bits per heavy atom. The lowest BCUT2D eigenvalue weighted by Crippen LogP contribution is -2.22. The molecule has 1 aromatic carbocycles. The molecule has 0 aliphatic heterocycles. The third-order valence-electron chi connectivity index (χ3n) is 2.89. The van der Waals surface area contributed by atoms with Crippen LogP contribution >= 0.6 is 0 Å². The fraction of sp³-hybridized carbons (Fsp3) is 0.385. The lowest BCUT2D eigenvalue weighted by Gasteiger charge is -2.14. The van der Waals surface area contributed by atoms with Gasteiger partial charge in [-0.1, -0.05) is 0 Å². The van der Waals surface area contributed by atoms with E-state index >= 15 is 0 Å². The standard InChI is InChI=1S/C13H17N3O3/c1-4-16(5-2)13-14-12(19-15-13)9-6-7-10(17)11(8-9)18-3/h6-8,17H,4-5H2,1-3H3. The lowest BCUT2D eigenvalue weighted by atomic mass is 10.2. The molecule has 0 aliphatic rings. The minimum absolute atomic E-state index is 0.0785. The van der Waals surface area contributed by atoms with Crippen LogP contribution in [0.4, 0.5) is 5.95 Å². The first-order valence-corrected chi connectivity index (χ1v) is 6.15. The van der Waals surface area contributed by atoms with Gasteiger partial charge in [-0.15, -0.1) is 0 Å². The molecule has 0 aliphatic carbocycles. The minimum Gasteiger partial charge on any atom is -0.504 e. The van der Waals surface area contributed by atoms with Crippen molar-refractivity contribution in [2.24, 2.45) is 0 Å². The third-order valence-corrected chi connectivity index (χ3v) is 2.89. The molecule has 0 amide bonds. The fourth-order valence-electron chi connectivity index (χ4n) is 1.78. The molecule has 1 N–H and O–H groups in total. The van der Waals surface area contributed by atoms with Crippen LogP contribution in [-0.4, -0.2) is 35.4 Å². The van der Waals surface area contributed by atoms with E-state index in [-0.39, 0.29) is 5.75 Å². The van der Waals surface area contributed by atoms with Crippen LogP contribution in [0.5, 0.6) is 11.5 Å². The first-order valence-electron chi connectivity index (χ1n) is 6.15. The summed E-state index contributed by atoms with van der Waals surface area (Å²) in [6.07, 6.45) is 0. The zero-order valence-electron chi connectivity index (χ0n) is 11.3. The lowest BCUT2D eigenvalue weighted by molar-refractivity contribution is 0.373. The van der Waals surface area contributed by atoms with E-state index < -0.39 is 0 Å². The van der Waals surface area contributed by atoms with Crippen molar-refractivity contribution in [2.75, 3.05) is 25.1 Å². The number of hydrogen-bond donors (Lipinski definition) is 1. The van der Waals surface area contributed by atoms with Crippen molar-refractivity contribution in [3.8, 4) is 23.0 Å². The summed E-state index contributed by atoms with van der Waals surface area (Å²) >= 11 is 0. The van der Waals surface area contributed by atoms with Crippen molar-refractivity contribution >= 4 is 5.95 Å². The van der Waals surface area contributed by atoms with E-state index in [0.717, 1.165) is 13.1 Å². The van der Waals surface area contributed by atoms with Crippen molar-refractivity contribution in [3.05, 3.63) is 18.2 Å². The Hall–Kier alpha value is -2.24. The van der Waals surface area contributed by atoms with E-state index in [1.807, 2.05) is 18.7 Å². The summed E-state index contributed by atoms with van der Waals surface area (Å²) in [6, 6.07) is 4.90. The second-order valence-electron chi connectivity index (χ2n) is 3.96. The predicted octanol–water partition coefficient (Wildman–Crippen LogP) is 2.30. The minimum atomic E-state index is 0.0785. The maximum Gasteiger partial charge on any atom is 0.266 e. The van der Waals surface area contributed by atoms with E-state index in [9.17, 15) is 5.11 Å². The van der Waals surface area contributed by atoms with Gasteiger partial charge < -0.3 is 19.3 Å².